The Morgan fingerprint density at radius 3 is 1.79 bits per heavy atom. The number of nitrogen functional groups attached to an aromatic ring is 1. The second-order valence-electron chi connectivity index (χ2n) is 5.07. The highest BCUT2D eigenvalue weighted by Crippen LogP contribution is 2.38. The summed E-state index contributed by atoms with van der Waals surface area (Å²) in [6, 6.07) is 7.79. The van der Waals surface area contributed by atoms with E-state index in [9.17, 15) is 0 Å². The van der Waals surface area contributed by atoms with E-state index in [4.69, 9.17) is 13.6 Å². The Morgan fingerprint density at radius 1 is 1.00 bits per heavy atom. The Hall–Kier alpha value is -0.915. The molecule has 1 aromatic rings. The lowest BCUT2D eigenvalue weighted by Crippen LogP contribution is -2.37. The quantitative estimate of drug-likeness (QED) is 0.530. The van der Waals surface area contributed by atoms with E-state index in [2.05, 4.69) is 27.7 Å². The highest BCUT2D eigenvalue weighted by molar-refractivity contribution is 6.16. The van der Waals surface area contributed by atoms with Crippen LogP contribution in [0.25, 0.3) is 0 Å². The van der Waals surface area contributed by atoms with E-state index in [1.54, 1.807) is 0 Å². The normalized spacial score (nSPS) is 16.3. The Balaban J connectivity index is 3.10. The molecule has 0 spiro atoms. The molecule has 0 heterocycles. The molecule has 74 valence electrons. The highest BCUT2D eigenvalue weighted by atomic mass is 14.5. The van der Waals surface area contributed by atoms with E-state index in [1.165, 1.54) is 0 Å². The molecule has 0 saturated carbocycles. The minimum absolute atomic E-state index is 0.0309. The van der Waals surface area contributed by atoms with Gasteiger partial charge in [0.2, 0.25) is 0 Å². The zero-order valence-corrected chi connectivity index (χ0v) is 9.46. The van der Waals surface area contributed by atoms with Crippen LogP contribution in [0, 0.1) is 5.41 Å². The van der Waals surface area contributed by atoms with E-state index < -0.39 is 0 Å². The lowest BCUT2D eigenvalue weighted by molar-refractivity contribution is 0.296. The molecular formula is C12H18BN. The lowest BCUT2D eigenvalue weighted by Gasteiger charge is -2.40. The van der Waals surface area contributed by atoms with Crippen LogP contribution in [0.3, 0.4) is 0 Å². The molecule has 1 rings (SSSR count). The van der Waals surface area contributed by atoms with Crippen molar-refractivity contribution < 1.29 is 0 Å². The minimum Gasteiger partial charge on any atom is -0.399 e. The third kappa shape index (κ3) is 1.94. The molecule has 0 amide bonds. The molecule has 0 aliphatic rings. The summed E-state index contributed by atoms with van der Waals surface area (Å²) in [5, 5.41) is -0.333. The predicted molar refractivity (Wildman–Crippen MR) is 63.4 cm³/mol. The van der Waals surface area contributed by atoms with Gasteiger partial charge in [-0.2, -0.15) is 0 Å². The third-order valence-corrected chi connectivity index (χ3v) is 3.07. The first kappa shape index (κ1) is 11.2. The second-order valence-corrected chi connectivity index (χ2v) is 5.07. The summed E-state index contributed by atoms with van der Waals surface area (Å²) in [6.07, 6.45) is 0. The molecule has 0 bridgehead atoms. The molecule has 2 N–H and O–H groups in total. The topological polar surface area (TPSA) is 26.0 Å². The van der Waals surface area contributed by atoms with E-state index in [1.807, 2.05) is 24.3 Å². The van der Waals surface area contributed by atoms with Gasteiger partial charge in [-0.3, -0.25) is 0 Å². The minimum atomic E-state index is -0.333. The van der Waals surface area contributed by atoms with Crippen LogP contribution in [0.4, 0.5) is 5.69 Å². The summed E-state index contributed by atoms with van der Waals surface area (Å²) in [5.74, 6) is 0. The predicted octanol–water partition coefficient (Wildman–Crippen LogP) is 2.70. The molecule has 0 aliphatic heterocycles. The van der Waals surface area contributed by atoms with Crippen molar-refractivity contribution in [1.29, 1.82) is 0 Å². The van der Waals surface area contributed by atoms with Crippen molar-refractivity contribution >= 4 is 13.5 Å². The van der Waals surface area contributed by atoms with Crippen LogP contribution >= 0.6 is 0 Å². The van der Waals surface area contributed by atoms with Gasteiger partial charge in [-0.1, -0.05) is 45.4 Å². The van der Waals surface area contributed by atoms with Gasteiger partial charge in [0, 0.05) is 5.69 Å². The van der Waals surface area contributed by atoms with Gasteiger partial charge in [0.1, 0.15) is 0 Å². The van der Waals surface area contributed by atoms with Crippen LogP contribution in [0.15, 0.2) is 24.3 Å². The summed E-state index contributed by atoms with van der Waals surface area (Å²) < 4.78 is 0. The summed E-state index contributed by atoms with van der Waals surface area (Å²) in [7, 11) is 6.32. The monoisotopic (exact) mass is 187 g/mol. The Labute approximate surface area is 88.1 Å². The van der Waals surface area contributed by atoms with E-state index >= 15 is 0 Å². The van der Waals surface area contributed by atoms with Crippen molar-refractivity contribution in [3.05, 3.63) is 29.8 Å². The van der Waals surface area contributed by atoms with Gasteiger partial charge >= 0.3 is 0 Å². The number of hydrogen-bond donors (Lipinski definition) is 1. The maximum Gasteiger partial charge on any atom is 0.0813 e. The largest absolute Gasteiger partial charge is 0.399 e. The van der Waals surface area contributed by atoms with Crippen LogP contribution < -0.4 is 5.73 Å². The first-order valence-electron chi connectivity index (χ1n) is 4.90. The van der Waals surface area contributed by atoms with Gasteiger partial charge in [0.05, 0.1) is 7.85 Å². The molecule has 1 atom stereocenters. The van der Waals surface area contributed by atoms with Crippen LogP contribution in [-0.2, 0) is 5.31 Å². The summed E-state index contributed by atoms with van der Waals surface area (Å²) in [6.45, 7) is 8.48. The highest BCUT2D eigenvalue weighted by Gasteiger charge is 2.33. The average molecular weight is 187 g/mol. The molecule has 1 aromatic carbocycles. The SMILES string of the molecule is [B]C(C)(c1ccc(N)cc1)C(C)(C)C. The third-order valence-electron chi connectivity index (χ3n) is 3.07. The summed E-state index contributed by atoms with van der Waals surface area (Å²) in [5.41, 5.74) is 7.57. The van der Waals surface area contributed by atoms with Crippen LogP contribution in [0.1, 0.15) is 33.3 Å². The van der Waals surface area contributed by atoms with Crippen LogP contribution in [-0.4, -0.2) is 7.85 Å². The Morgan fingerprint density at radius 2 is 1.43 bits per heavy atom. The molecular weight excluding hydrogens is 169 g/mol. The average Bonchev–Trinajstić information content (AvgIpc) is 2.03. The van der Waals surface area contributed by atoms with Crippen molar-refractivity contribution in [2.75, 3.05) is 5.73 Å². The van der Waals surface area contributed by atoms with Gasteiger partial charge in [0.15, 0.2) is 0 Å². The van der Waals surface area contributed by atoms with Crippen molar-refractivity contribution in [1.82, 2.24) is 0 Å². The number of benzene rings is 1. The maximum atomic E-state index is 6.32. The molecule has 0 aromatic heterocycles. The Bertz CT molecular complexity index is 306. The molecule has 2 radical (unpaired) electrons. The fourth-order valence-electron chi connectivity index (χ4n) is 1.26. The summed E-state index contributed by atoms with van der Waals surface area (Å²) in [4.78, 5) is 0. The molecule has 2 heteroatoms. The van der Waals surface area contributed by atoms with E-state index in [0.29, 0.717) is 0 Å². The van der Waals surface area contributed by atoms with Gasteiger partial charge < -0.3 is 5.73 Å². The van der Waals surface area contributed by atoms with E-state index in [0.717, 1.165) is 11.3 Å². The Kier molecular flexibility index (Phi) is 2.66. The molecule has 0 aliphatic carbocycles. The number of anilines is 1. The first-order valence-corrected chi connectivity index (χ1v) is 4.90. The second kappa shape index (κ2) is 3.34. The zero-order chi connectivity index (χ0) is 11.0. The number of nitrogens with two attached hydrogens (primary N) is 1. The first-order chi connectivity index (χ1) is 6.25. The van der Waals surface area contributed by atoms with Gasteiger partial charge in [0.25, 0.3) is 0 Å². The molecule has 0 saturated heterocycles. The standard InChI is InChI=1S/C12H18BN/c1-11(2,3)12(4,13)9-5-7-10(14)8-6-9/h5-8H,14H2,1-4H3. The van der Waals surface area contributed by atoms with Crippen LogP contribution in [0.2, 0.25) is 0 Å². The van der Waals surface area contributed by atoms with Gasteiger partial charge in [-0.25, -0.2) is 0 Å². The number of hydrogen-bond acceptors (Lipinski definition) is 1. The lowest BCUT2D eigenvalue weighted by atomic mass is 9.52. The molecule has 14 heavy (non-hydrogen) atoms. The molecule has 1 nitrogen and oxygen atoms in total. The zero-order valence-electron chi connectivity index (χ0n) is 9.46. The van der Waals surface area contributed by atoms with Gasteiger partial charge in [-0.05, 0) is 22.9 Å². The molecule has 1 unspecified atom stereocenters. The van der Waals surface area contributed by atoms with Crippen molar-refractivity contribution in [3.8, 4) is 0 Å². The molecule has 0 fully saturated rings. The maximum absolute atomic E-state index is 6.32. The van der Waals surface area contributed by atoms with Crippen molar-refractivity contribution in [2.24, 2.45) is 5.41 Å². The van der Waals surface area contributed by atoms with Crippen molar-refractivity contribution in [3.63, 3.8) is 0 Å². The van der Waals surface area contributed by atoms with E-state index in [-0.39, 0.29) is 10.7 Å². The number of rotatable bonds is 1. The van der Waals surface area contributed by atoms with Gasteiger partial charge in [-0.15, -0.1) is 0 Å². The fourth-order valence-corrected chi connectivity index (χ4v) is 1.26. The van der Waals surface area contributed by atoms with Crippen molar-refractivity contribution in [2.45, 2.75) is 33.0 Å². The summed E-state index contributed by atoms with van der Waals surface area (Å²) >= 11 is 0. The smallest absolute Gasteiger partial charge is 0.0813 e. The fraction of sp³-hybridized carbons (Fsp3) is 0.500. The van der Waals surface area contributed by atoms with Crippen LogP contribution in [0.5, 0.6) is 0 Å².